The molecule has 0 saturated heterocycles. The van der Waals surface area contributed by atoms with Crippen molar-refractivity contribution in [3.05, 3.63) is 29.8 Å². The van der Waals surface area contributed by atoms with E-state index in [4.69, 9.17) is 9.47 Å². The van der Waals surface area contributed by atoms with E-state index in [1.165, 1.54) is 0 Å². The highest BCUT2D eigenvalue weighted by atomic mass is 16.6. The molecule has 0 heterocycles. The maximum atomic E-state index is 11.7. The van der Waals surface area contributed by atoms with Crippen LogP contribution in [0.15, 0.2) is 24.3 Å². The number of carbonyl (C=O) groups is 1. The Morgan fingerprint density at radius 2 is 1.90 bits per heavy atom. The first-order valence-electron chi connectivity index (χ1n) is 7.17. The molecule has 1 aromatic carbocycles. The molecule has 0 saturated carbocycles. The summed E-state index contributed by atoms with van der Waals surface area (Å²) in [5.74, 6) is 0.397. The van der Waals surface area contributed by atoms with Crippen LogP contribution in [0.4, 0.5) is 0 Å². The first kappa shape index (κ1) is 16.5. The lowest BCUT2D eigenvalue weighted by Crippen LogP contribution is -2.34. The van der Waals surface area contributed by atoms with Gasteiger partial charge in [0, 0.05) is 6.54 Å². The first-order valence-corrected chi connectivity index (χ1v) is 7.17. The number of para-hydroxylation sites is 1. The van der Waals surface area contributed by atoms with Crippen molar-refractivity contribution in [3.63, 3.8) is 0 Å². The fourth-order valence-electron chi connectivity index (χ4n) is 2.00. The molecule has 0 aliphatic rings. The van der Waals surface area contributed by atoms with Gasteiger partial charge in [0.1, 0.15) is 11.9 Å². The number of rotatable bonds is 8. The van der Waals surface area contributed by atoms with Crippen LogP contribution in [0.5, 0.6) is 5.75 Å². The zero-order valence-corrected chi connectivity index (χ0v) is 12.9. The van der Waals surface area contributed by atoms with Gasteiger partial charge in [-0.15, -0.1) is 0 Å². The molecule has 112 valence electrons. The van der Waals surface area contributed by atoms with Gasteiger partial charge in [-0.05, 0) is 38.6 Å². The number of nitrogens with zero attached hydrogens (tertiary/aromatic N) is 1. The summed E-state index contributed by atoms with van der Waals surface area (Å²) in [4.78, 5) is 14.0. The number of hydrogen-bond donors (Lipinski definition) is 0. The molecule has 1 aromatic rings. The predicted molar refractivity (Wildman–Crippen MR) is 80.0 cm³/mol. The monoisotopic (exact) mass is 279 g/mol. The van der Waals surface area contributed by atoms with E-state index in [1.54, 1.807) is 0 Å². The third-order valence-corrected chi connectivity index (χ3v) is 3.18. The minimum atomic E-state index is -0.326. The summed E-state index contributed by atoms with van der Waals surface area (Å²) in [6.45, 7) is 10.7. The average Bonchev–Trinajstić information content (AvgIpc) is 2.43. The van der Waals surface area contributed by atoms with Crippen molar-refractivity contribution < 1.29 is 14.3 Å². The average molecular weight is 279 g/mol. The largest absolute Gasteiger partial charge is 0.482 e. The summed E-state index contributed by atoms with van der Waals surface area (Å²) >= 11 is 0. The molecule has 0 aliphatic heterocycles. The zero-order valence-electron chi connectivity index (χ0n) is 12.9. The molecule has 4 heteroatoms. The van der Waals surface area contributed by atoms with E-state index in [-0.39, 0.29) is 18.7 Å². The Morgan fingerprint density at radius 1 is 1.25 bits per heavy atom. The molecule has 0 radical (unpaired) electrons. The van der Waals surface area contributed by atoms with E-state index in [0.717, 1.165) is 30.9 Å². The third kappa shape index (κ3) is 5.61. The fraction of sp³-hybridized carbons (Fsp3) is 0.562. The van der Waals surface area contributed by atoms with E-state index in [1.807, 2.05) is 38.1 Å². The summed E-state index contributed by atoms with van der Waals surface area (Å²) in [5, 5.41) is 0. The summed E-state index contributed by atoms with van der Waals surface area (Å²) in [7, 11) is 0. The van der Waals surface area contributed by atoms with E-state index < -0.39 is 0 Å². The van der Waals surface area contributed by atoms with Gasteiger partial charge >= 0.3 is 5.97 Å². The Balaban J connectivity index is 2.35. The Labute approximate surface area is 121 Å². The van der Waals surface area contributed by atoms with Crippen molar-refractivity contribution in [3.8, 4) is 5.75 Å². The van der Waals surface area contributed by atoms with Crippen molar-refractivity contribution in [1.82, 2.24) is 4.90 Å². The SMILES string of the molecule is CCN(CC)CC(C)OC(=O)COc1ccccc1C. The van der Waals surface area contributed by atoms with Gasteiger partial charge in [-0.1, -0.05) is 32.0 Å². The Bertz CT molecular complexity index is 416. The molecule has 0 amide bonds. The van der Waals surface area contributed by atoms with E-state index in [2.05, 4.69) is 18.7 Å². The number of carbonyl (C=O) groups excluding carboxylic acids is 1. The highest BCUT2D eigenvalue weighted by Crippen LogP contribution is 2.15. The van der Waals surface area contributed by atoms with Crippen LogP contribution in [0.2, 0.25) is 0 Å². The van der Waals surface area contributed by atoms with E-state index in [0.29, 0.717) is 0 Å². The molecule has 4 nitrogen and oxygen atoms in total. The van der Waals surface area contributed by atoms with Crippen molar-refractivity contribution in [2.24, 2.45) is 0 Å². The second kappa shape index (κ2) is 8.59. The first-order chi connectivity index (χ1) is 9.56. The zero-order chi connectivity index (χ0) is 15.0. The van der Waals surface area contributed by atoms with Crippen LogP contribution in [0.1, 0.15) is 26.3 Å². The van der Waals surface area contributed by atoms with Crippen LogP contribution in [0.25, 0.3) is 0 Å². The summed E-state index contributed by atoms with van der Waals surface area (Å²) in [6, 6.07) is 7.62. The number of likely N-dealkylation sites (N-methyl/N-ethyl adjacent to an activating group) is 1. The molecular weight excluding hydrogens is 254 g/mol. The lowest BCUT2D eigenvalue weighted by Gasteiger charge is -2.22. The fourth-order valence-corrected chi connectivity index (χ4v) is 2.00. The van der Waals surface area contributed by atoms with Gasteiger partial charge in [-0.2, -0.15) is 0 Å². The van der Waals surface area contributed by atoms with E-state index in [9.17, 15) is 4.79 Å². The molecule has 0 bridgehead atoms. The van der Waals surface area contributed by atoms with Crippen LogP contribution in [-0.4, -0.2) is 43.2 Å². The van der Waals surface area contributed by atoms with Crippen molar-refractivity contribution in [2.75, 3.05) is 26.2 Å². The predicted octanol–water partition coefficient (Wildman–Crippen LogP) is 2.65. The molecule has 1 atom stereocenters. The van der Waals surface area contributed by atoms with Gasteiger partial charge in [-0.3, -0.25) is 0 Å². The number of benzene rings is 1. The van der Waals surface area contributed by atoms with Crippen LogP contribution in [0, 0.1) is 6.92 Å². The minimum Gasteiger partial charge on any atom is -0.482 e. The van der Waals surface area contributed by atoms with E-state index >= 15 is 0 Å². The van der Waals surface area contributed by atoms with Gasteiger partial charge < -0.3 is 14.4 Å². The molecule has 0 aromatic heterocycles. The topological polar surface area (TPSA) is 38.8 Å². The maximum Gasteiger partial charge on any atom is 0.344 e. The highest BCUT2D eigenvalue weighted by Gasteiger charge is 2.13. The smallest absolute Gasteiger partial charge is 0.344 e. The lowest BCUT2D eigenvalue weighted by molar-refractivity contribution is -0.151. The van der Waals surface area contributed by atoms with Gasteiger partial charge in [0.25, 0.3) is 0 Å². The van der Waals surface area contributed by atoms with Gasteiger partial charge in [0.05, 0.1) is 0 Å². The lowest BCUT2D eigenvalue weighted by atomic mass is 10.2. The normalized spacial score (nSPS) is 12.2. The number of esters is 1. The van der Waals surface area contributed by atoms with Crippen LogP contribution >= 0.6 is 0 Å². The molecule has 0 fully saturated rings. The molecule has 1 unspecified atom stereocenters. The molecule has 0 aliphatic carbocycles. The van der Waals surface area contributed by atoms with Gasteiger partial charge in [-0.25, -0.2) is 4.79 Å². The van der Waals surface area contributed by atoms with Crippen molar-refractivity contribution in [1.29, 1.82) is 0 Å². The van der Waals surface area contributed by atoms with Gasteiger partial charge in [0.15, 0.2) is 6.61 Å². The minimum absolute atomic E-state index is 0.0482. The van der Waals surface area contributed by atoms with Crippen LogP contribution < -0.4 is 4.74 Å². The summed E-state index contributed by atoms with van der Waals surface area (Å²) < 4.78 is 10.8. The quantitative estimate of drug-likeness (QED) is 0.686. The Hall–Kier alpha value is -1.55. The highest BCUT2D eigenvalue weighted by molar-refractivity contribution is 5.71. The molecular formula is C16H25NO3. The summed E-state index contributed by atoms with van der Waals surface area (Å²) in [6.07, 6.45) is -0.122. The third-order valence-electron chi connectivity index (χ3n) is 3.18. The molecule has 20 heavy (non-hydrogen) atoms. The molecule has 1 rings (SSSR count). The second-order valence-corrected chi connectivity index (χ2v) is 4.84. The maximum absolute atomic E-state index is 11.7. The Morgan fingerprint density at radius 3 is 2.50 bits per heavy atom. The second-order valence-electron chi connectivity index (χ2n) is 4.84. The summed E-state index contributed by atoms with van der Waals surface area (Å²) in [5.41, 5.74) is 1.01. The molecule has 0 N–H and O–H groups in total. The number of hydrogen-bond acceptors (Lipinski definition) is 4. The number of aryl methyl sites for hydroxylation is 1. The number of ether oxygens (including phenoxy) is 2. The van der Waals surface area contributed by atoms with Crippen molar-refractivity contribution in [2.45, 2.75) is 33.8 Å². The van der Waals surface area contributed by atoms with Gasteiger partial charge in [0.2, 0.25) is 0 Å². The Kier molecular flexibility index (Phi) is 7.09. The van der Waals surface area contributed by atoms with Crippen molar-refractivity contribution >= 4 is 5.97 Å². The molecule has 0 spiro atoms. The van der Waals surface area contributed by atoms with Crippen LogP contribution in [-0.2, 0) is 9.53 Å². The van der Waals surface area contributed by atoms with Crippen LogP contribution in [0.3, 0.4) is 0 Å². The standard InChI is InChI=1S/C16H25NO3/c1-5-17(6-2)11-14(4)20-16(18)12-19-15-10-8-7-9-13(15)3/h7-10,14H,5-6,11-12H2,1-4H3.